The van der Waals surface area contributed by atoms with Crippen LogP contribution in [0.1, 0.15) is 30.6 Å². The number of carbonyl (C=O) groups is 2. The summed E-state index contributed by atoms with van der Waals surface area (Å²) >= 11 is 0. The van der Waals surface area contributed by atoms with E-state index in [9.17, 15) is 18.4 Å². The van der Waals surface area contributed by atoms with Crippen molar-refractivity contribution < 1.29 is 23.5 Å². The van der Waals surface area contributed by atoms with Crippen molar-refractivity contribution in [2.24, 2.45) is 0 Å². The van der Waals surface area contributed by atoms with E-state index < -0.39 is 29.1 Å². The van der Waals surface area contributed by atoms with Crippen molar-refractivity contribution in [2.75, 3.05) is 6.54 Å². The molecule has 0 aromatic heterocycles. The molecule has 0 atom stereocenters. The maximum Gasteiger partial charge on any atom is 0.305 e. The van der Waals surface area contributed by atoms with Crippen LogP contribution in [0.3, 0.4) is 0 Å². The van der Waals surface area contributed by atoms with E-state index in [4.69, 9.17) is 5.11 Å². The minimum absolute atomic E-state index is 0.0976. The Morgan fingerprint density at radius 1 is 1.26 bits per heavy atom. The van der Waals surface area contributed by atoms with E-state index in [1.54, 1.807) is 13.8 Å². The zero-order valence-corrected chi connectivity index (χ0v) is 10.7. The van der Waals surface area contributed by atoms with Gasteiger partial charge < -0.3 is 10.0 Å². The van der Waals surface area contributed by atoms with E-state index in [0.717, 1.165) is 17.0 Å². The summed E-state index contributed by atoms with van der Waals surface area (Å²) in [5, 5.41) is 8.62. The summed E-state index contributed by atoms with van der Waals surface area (Å²) in [4.78, 5) is 23.8. The molecule has 6 heteroatoms. The highest BCUT2D eigenvalue weighted by molar-refractivity contribution is 5.95. The van der Waals surface area contributed by atoms with Gasteiger partial charge in [-0.15, -0.1) is 0 Å². The highest BCUT2D eigenvalue weighted by Gasteiger charge is 2.25. The highest BCUT2D eigenvalue weighted by atomic mass is 19.1. The number of hydrogen-bond acceptors (Lipinski definition) is 2. The molecule has 19 heavy (non-hydrogen) atoms. The lowest BCUT2D eigenvalue weighted by Crippen LogP contribution is -2.39. The molecule has 1 aromatic carbocycles. The first-order chi connectivity index (χ1) is 8.84. The van der Waals surface area contributed by atoms with E-state index in [1.165, 1.54) is 6.07 Å². The van der Waals surface area contributed by atoms with Gasteiger partial charge in [0.1, 0.15) is 17.2 Å². The van der Waals surface area contributed by atoms with Crippen LogP contribution in [-0.4, -0.2) is 34.5 Å². The summed E-state index contributed by atoms with van der Waals surface area (Å²) in [5.74, 6) is -3.82. The number of rotatable bonds is 5. The number of carboxylic acid groups (broad SMARTS) is 1. The van der Waals surface area contributed by atoms with Gasteiger partial charge in [0.25, 0.3) is 5.91 Å². The summed E-state index contributed by atoms with van der Waals surface area (Å²) in [6.07, 6.45) is -0.278. The standard InChI is InChI=1S/C13H15F2NO3/c1-8(2)16(7-6-11(17)18)13(19)12-9(14)4-3-5-10(12)15/h3-5,8H,6-7H2,1-2H3,(H,17,18). The molecule has 0 heterocycles. The van der Waals surface area contributed by atoms with Crippen molar-refractivity contribution in [3.05, 3.63) is 35.4 Å². The fourth-order valence-electron chi connectivity index (χ4n) is 1.66. The van der Waals surface area contributed by atoms with E-state index in [-0.39, 0.29) is 19.0 Å². The van der Waals surface area contributed by atoms with Crippen molar-refractivity contribution in [1.82, 2.24) is 4.90 Å². The summed E-state index contributed by atoms with van der Waals surface area (Å²) in [6.45, 7) is 3.20. The van der Waals surface area contributed by atoms with Gasteiger partial charge >= 0.3 is 5.97 Å². The first-order valence-electron chi connectivity index (χ1n) is 5.81. The second-order valence-electron chi connectivity index (χ2n) is 4.33. The van der Waals surface area contributed by atoms with Crippen molar-refractivity contribution in [1.29, 1.82) is 0 Å². The fourth-order valence-corrected chi connectivity index (χ4v) is 1.66. The number of nitrogens with zero attached hydrogens (tertiary/aromatic N) is 1. The number of hydrogen-bond donors (Lipinski definition) is 1. The summed E-state index contributed by atoms with van der Waals surface area (Å²) in [6, 6.07) is 2.79. The largest absolute Gasteiger partial charge is 0.481 e. The molecule has 0 aliphatic rings. The van der Waals surface area contributed by atoms with Crippen LogP contribution in [0.25, 0.3) is 0 Å². The molecule has 4 nitrogen and oxygen atoms in total. The molecular weight excluding hydrogens is 256 g/mol. The molecule has 104 valence electrons. The third-order valence-corrected chi connectivity index (χ3v) is 2.63. The van der Waals surface area contributed by atoms with Gasteiger partial charge in [0.2, 0.25) is 0 Å². The minimum Gasteiger partial charge on any atom is -0.481 e. The van der Waals surface area contributed by atoms with Gasteiger partial charge in [-0.1, -0.05) is 6.07 Å². The van der Waals surface area contributed by atoms with Gasteiger partial charge in [0, 0.05) is 12.6 Å². The first kappa shape index (κ1) is 15.1. The molecule has 1 amide bonds. The van der Waals surface area contributed by atoms with Crippen LogP contribution in [0, 0.1) is 11.6 Å². The molecule has 0 spiro atoms. The Kier molecular flexibility index (Phi) is 4.97. The molecule has 0 bridgehead atoms. The lowest BCUT2D eigenvalue weighted by Gasteiger charge is -2.26. The number of benzene rings is 1. The zero-order chi connectivity index (χ0) is 14.6. The molecule has 0 radical (unpaired) electrons. The van der Waals surface area contributed by atoms with Gasteiger partial charge in [0.15, 0.2) is 0 Å². The molecule has 0 saturated heterocycles. The molecule has 1 aromatic rings. The molecular formula is C13H15F2NO3. The molecule has 0 unspecified atom stereocenters. The molecule has 0 aliphatic heterocycles. The van der Waals surface area contributed by atoms with Crippen molar-refractivity contribution in [3.8, 4) is 0 Å². The lowest BCUT2D eigenvalue weighted by atomic mass is 10.1. The van der Waals surface area contributed by atoms with Crippen LogP contribution in [0.5, 0.6) is 0 Å². The van der Waals surface area contributed by atoms with E-state index in [0.29, 0.717) is 0 Å². The fraction of sp³-hybridized carbons (Fsp3) is 0.385. The maximum absolute atomic E-state index is 13.5. The molecule has 0 saturated carbocycles. The van der Waals surface area contributed by atoms with E-state index >= 15 is 0 Å². The number of aliphatic carboxylic acids is 1. The minimum atomic E-state index is -1.08. The molecule has 1 N–H and O–H groups in total. The van der Waals surface area contributed by atoms with E-state index in [2.05, 4.69) is 0 Å². The summed E-state index contributed by atoms with van der Waals surface area (Å²) < 4.78 is 27.0. The highest BCUT2D eigenvalue weighted by Crippen LogP contribution is 2.16. The number of carboxylic acids is 1. The quantitative estimate of drug-likeness (QED) is 0.893. The van der Waals surface area contributed by atoms with Gasteiger partial charge in [0.05, 0.1) is 6.42 Å². The van der Waals surface area contributed by atoms with E-state index in [1.807, 2.05) is 0 Å². The smallest absolute Gasteiger partial charge is 0.305 e. The van der Waals surface area contributed by atoms with Crippen LogP contribution < -0.4 is 0 Å². The van der Waals surface area contributed by atoms with Crippen LogP contribution in [0.2, 0.25) is 0 Å². The number of carbonyl (C=O) groups excluding carboxylic acids is 1. The van der Waals surface area contributed by atoms with Crippen molar-refractivity contribution >= 4 is 11.9 Å². The Morgan fingerprint density at radius 2 is 1.79 bits per heavy atom. The first-order valence-corrected chi connectivity index (χ1v) is 5.81. The van der Waals surface area contributed by atoms with Crippen LogP contribution >= 0.6 is 0 Å². The van der Waals surface area contributed by atoms with Crippen molar-refractivity contribution in [3.63, 3.8) is 0 Å². The summed E-state index contributed by atoms with van der Waals surface area (Å²) in [7, 11) is 0. The van der Waals surface area contributed by atoms with Gasteiger partial charge in [-0.25, -0.2) is 8.78 Å². The normalized spacial score (nSPS) is 10.6. The molecule has 1 rings (SSSR count). The topological polar surface area (TPSA) is 57.6 Å². The van der Waals surface area contributed by atoms with Crippen molar-refractivity contribution in [2.45, 2.75) is 26.3 Å². The Labute approximate surface area is 109 Å². The average molecular weight is 271 g/mol. The lowest BCUT2D eigenvalue weighted by molar-refractivity contribution is -0.137. The maximum atomic E-state index is 13.5. The van der Waals surface area contributed by atoms with Gasteiger partial charge in [-0.3, -0.25) is 9.59 Å². The predicted molar refractivity (Wildman–Crippen MR) is 64.8 cm³/mol. The number of amides is 1. The molecule has 0 fully saturated rings. The van der Waals surface area contributed by atoms with Gasteiger partial charge in [-0.05, 0) is 26.0 Å². The Balaban J connectivity index is 3.03. The Bertz CT molecular complexity index is 469. The second kappa shape index (κ2) is 6.26. The Hall–Kier alpha value is -1.98. The SMILES string of the molecule is CC(C)N(CCC(=O)O)C(=O)c1c(F)cccc1F. The zero-order valence-electron chi connectivity index (χ0n) is 10.7. The monoisotopic (exact) mass is 271 g/mol. The summed E-state index contributed by atoms with van der Waals surface area (Å²) in [5.41, 5.74) is -0.651. The predicted octanol–water partition coefficient (Wildman–Crippen LogP) is 2.29. The second-order valence-corrected chi connectivity index (χ2v) is 4.33. The Morgan fingerprint density at radius 3 is 2.21 bits per heavy atom. The van der Waals surface area contributed by atoms with Gasteiger partial charge in [-0.2, -0.15) is 0 Å². The van der Waals surface area contributed by atoms with Crippen LogP contribution in [0.15, 0.2) is 18.2 Å². The average Bonchev–Trinajstić information content (AvgIpc) is 2.27. The van der Waals surface area contributed by atoms with Crippen LogP contribution in [-0.2, 0) is 4.79 Å². The van der Waals surface area contributed by atoms with Crippen LogP contribution in [0.4, 0.5) is 8.78 Å². The third-order valence-electron chi connectivity index (χ3n) is 2.63. The molecule has 0 aliphatic carbocycles. The number of halogens is 2. The third kappa shape index (κ3) is 3.74.